The van der Waals surface area contributed by atoms with Crippen LogP contribution in [-0.4, -0.2) is 41.0 Å². The minimum Gasteiger partial charge on any atom is -0.507 e. The van der Waals surface area contributed by atoms with Crippen LogP contribution < -0.4 is 9.47 Å². The monoisotopic (exact) mass is 435 g/mol. The number of amides is 1. The summed E-state index contributed by atoms with van der Waals surface area (Å²) in [5.41, 5.74) is 1.17. The third-order valence-electron chi connectivity index (χ3n) is 5.03. The van der Waals surface area contributed by atoms with Gasteiger partial charge in [-0.1, -0.05) is 43.8 Å². The van der Waals surface area contributed by atoms with Gasteiger partial charge in [-0.3, -0.25) is 9.59 Å². The molecule has 32 heavy (non-hydrogen) atoms. The number of nitrogens with zero attached hydrogens (tertiary/aromatic N) is 1. The van der Waals surface area contributed by atoms with Gasteiger partial charge in [0.15, 0.2) is 0 Å². The maximum Gasteiger partial charge on any atom is 0.295 e. The Bertz CT molecular complexity index is 1040. The lowest BCUT2D eigenvalue weighted by Gasteiger charge is -2.25. The number of hydrogen-bond donors (Lipinski definition) is 1. The summed E-state index contributed by atoms with van der Waals surface area (Å²) in [7, 11) is 0. The lowest BCUT2D eigenvalue weighted by atomic mass is 9.95. The van der Waals surface area contributed by atoms with Crippen molar-refractivity contribution in [1.82, 2.24) is 4.90 Å². The number of benzene rings is 2. The van der Waals surface area contributed by atoms with Crippen LogP contribution in [0.15, 0.2) is 66.8 Å². The molecule has 1 amide bonds. The molecule has 0 bridgehead atoms. The van der Waals surface area contributed by atoms with E-state index in [1.807, 2.05) is 26.8 Å². The molecule has 3 rings (SSSR count). The van der Waals surface area contributed by atoms with Gasteiger partial charge in [0.2, 0.25) is 0 Å². The van der Waals surface area contributed by atoms with Crippen LogP contribution in [0.3, 0.4) is 0 Å². The van der Waals surface area contributed by atoms with Crippen molar-refractivity contribution in [3.63, 3.8) is 0 Å². The molecule has 0 aromatic heterocycles. The number of aliphatic hydroxyl groups excluding tert-OH is 1. The molecule has 2 aromatic rings. The highest BCUT2D eigenvalue weighted by atomic mass is 16.5. The fourth-order valence-electron chi connectivity index (χ4n) is 3.77. The van der Waals surface area contributed by atoms with E-state index < -0.39 is 17.7 Å². The van der Waals surface area contributed by atoms with Gasteiger partial charge in [-0.15, -0.1) is 0 Å². The molecule has 0 saturated carbocycles. The topological polar surface area (TPSA) is 76.1 Å². The number of aliphatic hydroxyl groups is 1. The molecule has 1 aliphatic rings. The van der Waals surface area contributed by atoms with Crippen molar-refractivity contribution in [3.8, 4) is 11.5 Å². The first-order valence-corrected chi connectivity index (χ1v) is 10.8. The van der Waals surface area contributed by atoms with Gasteiger partial charge in [-0.2, -0.15) is 0 Å². The summed E-state index contributed by atoms with van der Waals surface area (Å²) in [5, 5.41) is 11.2. The summed E-state index contributed by atoms with van der Waals surface area (Å²) < 4.78 is 11.4. The second-order valence-corrected chi connectivity index (χ2v) is 7.86. The van der Waals surface area contributed by atoms with Gasteiger partial charge in [-0.25, -0.2) is 0 Å². The predicted molar refractivity (Wildman–Crippen MR) is 124 cm³/mol. The first-order chi connectivity index (χ1) is 15.4. The summed E-state index contributed by atoms with van der Waals surface area (Å²) in [6.07, 6.45) is 2.27. The summed E-state index contributed by atoms with van der Waals surface area (Å²) in [6, 6.07) is 13.4. The number of carbonyl (C=O) groups excluding carboxylic acids is 2. The van der Waals surface area contributed by atoms with Crippen LogP contribution in [0.4, 0.5) is 0 Å². The maximum atomic E-state index is 13.0. The van der Waals surface area contributed by atoms with Gasteiger partial charge >= 0.3 is 0 Å². The number of hydrogen-bond acceptors (Lipinski definition) is 5. The molecule has 2 aromatic carbocycles. The van der Waals surface area contributed by atoms with Gasteiger partial charge in [0, 0.05) is 12.1 Å². The van der Waals surface area contributed by atoms with Crippen LogP contribution in [0.2, 0.25) is 0 Å². The average Bonchev–Trinajstić information content (AvgIpc) is 3.02. The zero-order chi connectivity index (χ0) is 23.3. The lowest BCUT2D eigenvalue weighted by Crippen LogP contribution is -2.30. The molecule has 1 unspecified atom stereocenters. The molecular formula is C26H29NO5. The average molecular weight is 436 g/mol. The van der Waals surface area contributed by atoms with Gasteiger partial charge < -0.3 is 19.5 Å². The van der Waals surface area contributed by atoms with E-state index in [2.05, 4.69) is 6.58 Å². The van der Waals surface area contributed by atoms with Crippen LogP contribution in [0, 0.1) is 0 Å². The Balaban J connectivity index is 2.12. The second kappa shape index (κ2) is 10.2. The molecule has 6 heteroatoms. The number of Topliss-reactive ketones (excluding diaryl/α,β-unsaturated/α-hetero) is 1. The first-order valence-electron chi connectivity index (χ1n) is 10.8. The Labute approximate surface area is 188 Å². The number of likely N-dealkylation sites (tertiary alicyclic amines) is 1. The summed E-state index contributed by atoms with van der Waals surface area (Å²) in [6.45, 7) is 10.1. The molecule has 0 radical (unpaired) electrons. The van der Waals surface area contributed by atoms with Crippen LogP contribution in [0.5, 0.6) is 11.5 Å². The zero-order valence-corrected chi connectivity index (χ0v) is 18.7. The number of carbonyl (C=O) groups is 2. The van der Waals surface area contributed by atoms with E-state index >= 15 is 0 Å². The Hall–Kier alpha value is -3.54. The quantitative estimate of drug-likeness (QED) is 0.263. The minimum absolute atomic E-state index is 0.0409. The van der Waals surface area contributed by atoms with Crippen LogP contribution >= 0.6 is 0 Å². The SMILES string of the molecule is C=CCOc1cccc(C2/C(=C(/O)c3cccc(OC(C)C)c3)C(=O)C(=O)N2CCC)c1. The standard InChI is InChI=1S/C26H29NO5/c1-5-13-27-23(18-9-7-11-20(15-18)31-14-6-2)22(25(29)26(27)30)24(28)19-10-8-12-21(16-19)32-17(3)4/h6-12,15-17,23,28H,2,5,13-14H2,1,3-4H3/b24-22-. The molecule has 1 aliphatic heterocycles. The third-order valence-corrected chi connectivity index (χ3v) is 5.03. The number of ketones is 1. The summed E-state index contributed by atoms with van der Waals surface area (Å²) in [4.78, 5) is 27.4. The maximum absolute atomic E-state index is 13.0. The number of ether oxygens (including phenoxy) is 2. The van der Waals surface area contributed by atoms with Crippen molar-refractivity contribution in [1.29, 1.82) is 0 Å². The van der Waals surface area contributed by atoms with Gasteiger partial charge in [0.05, 0.1) is 17.7 Å². The summed E-state index contributed by atoms with van der Waals surface area (Å²) >= 11 is 0. The van der Waals surface area contributed by atoms with Crippen molar-refractivity contribution in [2.45, 2.75) is 39.3 Å². The van der Waals surface area contributed by atoms with Crippen LogP contribution in [0.25, 0.3) is 5.76 Å². The molecule has 1 fully saturated rings. The number of rotatable bonds is 9. The lowest BCUT2D eigenvalue weighted by molar-refractivity contribution is -0.139. The van der Waals surface area contributed by atoms with Crippen molar-refractivity contribution >= 4 is 17.4 Å². The normalized spacial score (nSPS) is 17.6. The largest absolute Gasteiger partial charge is 0.507 e. The fraction of sp³-hybridized carbons (Fsp3) is 0.308. The van der Waals surface area contributed by atoms with E-state index in [0.29, 0.717) is 42.2 Å². The van der Waals surface area contributed by atoms with Crippen molar-refractivity contribution in [2.75, 3.05) is 13.2 Å². The second-order valence-electron chi connectivity index (χ2n) is 7.86. The molecular weight excluding hydrogens is 406 g/mol. The van der Waals surface area contributed by atoms with Crippen LogP contribution in [0.1, 0.15) is 44.4 Å². The smallest absolute Gasteiger partial charge is 0.295 e. The Morgan fingerprint density at radius 2 is 1.88 bits per heavy atom. The Morgan fingerprint density at radius 3 is 2.56 bits per heavy atom. The highest BCUT2D eigenvalue weighted by Gasteiger charge is 2.45. The third kappa shape index (κ3) is 4.85. The molecule has 1 heterocycles. The molecule has 0 spiro atoms. The summed E-state index contributed by atoms with van der Waals surface area (Å²) in [5.74, 6) is -0.377. The van der Waals surface area contributed by atoms with E-state index in [1.165, 1.54) is 4.90 Å². The molecule has 0 aliphatic carbocycles. The van der Waals surface area contributed by atoms with E-state index in [0.717, 1.165) is 0 Å². The minimum atomic E-state index is -0.711. The highest BCUT2D eigenvalue weighted by molar-refractivity contribution is 6.46. The van der Waals surface area contributed by atoms with Gasteiger partial charge in [-0.05, 0) is 50.1 Å². The van der Waals surface area contributed by atoms with Crippen molar-refractivity contribution in [3.05, 3.63) is 77.9 Å². The molecule has 168 valence electrons. The molecule has 1 saturated heterocycles. The zero-order valence-electron chi connectivity index (χ0n) is 18.7. The van der Waals surface area contributed by atoms with Crippen molar-refractivity contribution < 1.29 is 24.2 Å². The van der Waals surface area contributed by atoms with E-state index in [4.69, 9.17) is 9.47 Å². The van der Waals surface area contributed by atoms with Gasteiger partial charge in [0.25, 0.3) is 11.7 Å². The molecule has 1 atom stereocenters. The highest BCUT2D eigenvalue weighted by Crippen LogP contribution is 2.40. The first kappa shape index (κ1) is 23.1. The van der Waals surface area contributed by atoms with Gasteiger partial charge in [0.1, 0.15) is 23.9 Å². The van der Waals surface area contributed by atoms with Crippen LogP contribution in [-0.2, 0) is 9.59 Å². The van der Waals surface area contributed by atoms with E-state index in [1.54, 1.807) is 48.5 Å². The molecule has 6 nitrogen and oxygen atoms in total. The van der Waals surface area contributed by atoms with Crippen molar-refractivity contribution in [2.24, 2.45) is 0 Å². The molecule has 1 N–H and O–H groups in total. The van der Waals surface area contributed by atoms with E-state index in [-0.39, 0.29) is 17.4 Å². The Kier molecular flexibility index (Phi) is 7.36. The van der Waals surface area contributed by atoms with E-state index in [9.17, 15) is 14.7 Å². The Morgan fingerprint density at radius 1 is 1.16 bits per heavy atom. The fourth-order valence-corrected chi connectivity index (χ4v) is 3.77. The predicted octanol–water partition coefficient (Wildman–Crippen LogP) is 4.87.